The predicted molar refractivity (Wildman–Crippen MR) is 110 cm³/mol. The Balaban J connectivity index is 2.51. The fourth-order valence-electron chi connectivity index (χ4n) is 2.98. The standard InChI is InChI=1S/C20H37N5O2/c1-7-21-20(22-13-11-9-8-10-12-18(26)27-6)24(4)14-17-15-25(5)23-19(17)16(2)3/h15-16H,7-14H2,1-6H3,(H,21,22). The Morgan fingerprint density at radius 3 is 2.67 bits per heavy atom. The predicted octanol–water partition coefficient (Wildman–Crippen LogP) is 3.06. The monoisotopic (exact) mass is 379 g/mol. The first kappa shape index (κ1) is 23.0. The molecule has 0 aliphatic carbocycles. The van der Waals surface area contributed by atoms with Crippen LogP contribution in [0.15, 0.2) is 11.2 Å². The van der Waals surface area contributed by atoms with Crippen molar-refractivity contribution < 1.29 is 9.53 Å². The summed E-state index contributed by atoms with van der Waals surface area (Å²) in [6.45, 7) is 8.84. The quantitative estimate of drug-likeness (QED) is 0.277. The molecule has 0 fully saturated rings. The molecule has 0 aromatic carbocycles. The van der Waals surface area contributed by atoms with Gasteiger partial charge >= 0.3 is 5.97 Å². The van der Waals surface area contributed by atoms with Gasteiger partial charge in [-0.2, -0.15) is 5.10 Å². The minimum absolute atomic E-state index is 0.125. The van der Waals surface area contributed by atoms with Crippen molar-refractivity contribution in [3.63, 3.8) is 0 Å². The Kier molecular flexibility index (Phi) is 10.5. The molecule has 154 valence electrons. The second-order valence-electron chi connectivity index (χ2n) is 7.20. The lowest BCUT2D eigenvalue weighted by Gasteiger charge is -2.22. The van der Waals surface area contributed by atoms with Crippen LogP contribution < -0.4 is 5.32 Å². The lowest BCUT2D eigenvalue weighted by molar-refractivity contribution is -0.140. The van der Waals surface area contributed by atoms with E-state index in [-0.39, 0.29) is 5.97 Å². The highest BCUT2D eigenvalue weighted by Crippen LogP contribution is 2.18. The molecule has 0 radical (unpaired) electrons. The number of hydrogen-bond acceptors (Lipinski definition) is 4. The number of guanidine groups is 1. The summed E-state index contributed by atoms with van der Waals surface area (Å²) in [4.78, 5) is 18.0. The van der Waals surface area contributed by atoms with Gasteiger partial charge in [-0.25, -0.2) is 0 Å². The van der Waals surface area contributed by atoms with Crippen molar-refractivity contribution in [1.29, 1.82) is 0 Å². The summed E-state index contributed by atoms with van der Waals surface area (Å²) in [6, 6.07) is 0. The highest BCUT2D eigenvalue weighted by Gasteiger charge is 2.15. The van der Waals surface area contributed by atoms with E-state index in [0.29, 0.717) is 12.3 Å². The van der Waals surface area contributed by atoms with E-state index < -0.39 is 0 Å². The Bertz CT molecular complexity index is 595. The summed E-state index contributed by atoms with van der Waals surface area (Å²) >= 11 is 0. The van der Waals surface area contributed by atoms with Gasteiger partial charge in [0.15, 0.2) is 5.96 Å². The van der Waals surface area contributed by atoms with Crippen LogP contribution in [-0.2, 0) is 23.1 Å². The van der Waals surface area contributed by atoms with Gasteiger partial charge in [0.05, 0.1) is 12.8 Å². The number of aliphatic imine (C=N–C) groups is 1. The molecule has 0 aliphatic heterocycles. The zero-order valence-corrected chi connectivity index (χ0v) is 17.9. The lowest BCUT2D eigenvalue weighted by atomic mass is 10.1. The largest absolute Gasteiger partial charge is 0.469 e. The second kappa shape index (κ2) is 12.4. The maximum absolute atomic E-state index is 11.1. The minimum Gasteiger partial charge on any atom is -0.469 e. The van der Waals surface area contributed by atoms with Gasteiger partial charge in [-0.1, -0.05) is 26.7 Å². The Labute approximate surface area is 164 Å². The molecule has 0 atom stereocenters. The molecule has 0 saturated carbocycles. The molecule has 0 amide bonds. The second-order valence-corrected chi connectivity index (χ2v) is 7.20. The van der Waals surface area contributed by atoms with Crippen LogP contribution in [0.3, 0.4) is 0 Å². The van der Waals surface area contributed by atoms with Gasteiger partial charge in [0.2, 0.25) is 0 Å². The number of carbonyl (C=O) groups excluding carboxylic acids is 1. The fourth-order valence-corrected chi connectivity index (χ4v) is 2.98. The van der Waals surface area contributed by atoms with E-state index >= 15 is 0 Å². The zero-order valence-electron chi connectivity index (χ0n) is 17.9. The van der Waals surface area contributed by atoms with E-state index in [1.807, 2.05) is 11.7 Å². The number of aryl methyl sites for hydroxylation is 1. The SMILES string of the molecule is CCNC(=NCCCCCCC(=O)OC)N(C)Cc1cn(C)nc1C(C)C. The Morgan fingerprint density at radius 1 is 1.33 bits per heavy atom. The number of hydrogen-bond donors (Lipinski definition) is 1. The number of esters is 1. The molecule has 0 saturated heterocycles. The molecule has 1 N–H and O–H groups in total. The van der Waals surface area contributed by atoms with Crippen molar-refractivity contribution in [2.75, 3.05) is 27.2 Å². The third-order valence-electron chi connectivity index (χ3n) is 4.37. The Hall–Kier alpha value is -2.05. The minimum atomic E-state index is -0.125. The average Bonchev–Trinajstić information content (AvgIpc) is 3.00. The maximum Gasteiger partial charge on any atom is 0.305 e. The summed E-state index contributed by atoms with van der Waals surface area (Å²) in [7, 11) is 5.47. The molecule has 1 rings (SSSR count). The van der Waals surface area contributed by atoms with Crippen LogP contribution in [0.2, 0.25) is 0 Å². The van der Waals surface area contributed by atoms with Gasteiger partial charge in [-0.3, -0.25) is 14.5 Å². The molecule has 0 unspecified atom stereocenters. The highest BCUT2D eigenvalue weighted by atomic mass is 16.5. The maximum atomic E-state index is 11.1. The van der Waals surface area contributed by atoms with E-state index in [1.54, 1.807) is 0 Å². The van der Waals surface area contributed by atoms with Crippen molar-refractivity contribution in [3.05, 3.63) is 17.5 Å². The van der Waals surface area contributed by atoms with E-state index in [9.17, 15) is 4.79 Å². The first-order valence-corrected chi connectivity index (χ1v) is 9.97. The number of rotatable bonds is 11. The third kappa shape index (κ3) is 8.45. The van der Waals surface area contributed by atoms with E-state index in [0.717, 1.165) is 57.0 Å². The summed E-state index contributed by atoms with van der Waals surface area (Å²) in [5.74, 6) is 1.20. The summed E-state index contributed by atoms with van der Waals surface area (Å²) in [5, 5.41) is 7.96. The molecular formula is C20H37N5O2. The van der Waals surface area contributed by atoms with Crippen LogP contribution in [0.4, 0.5) is 0 Å². The first-order chi connectivity index (χ1) is 12.9. The van der Waals surface area contributed by atoms with Gasteiger partial charge in [-0.05, 0) is 25.7 Å². The number of nitrogens with one attached hydrogen (secondary N) is 1. The van der Waals surface area contributed by atoms with E-state index in [4.69, 9.17) is 4.99 Å². The van der Waals surface area contributed by atoms with Crippen LogP contribution in [0.5, 0.6) is 0 Å². The number of unbranched alkanes of at least 4 members (excludes halogenated alkanes) is 3. The molecule has 1 aromatic rings. The lowest BCUT2D eigenvalue weighted by Crippen LogP contribution is -2.38. The molecule has 7 heteroatoms. The van der Waals surface area contributed by atoms with Crippen molar-refractivity contribution in [1.82, 2.24) is 20.0 Å². The van der Waals surface area contributed by atoms with Crippen LogP contribution in [0, 0.1) is 0 Å². The molecule has 0 spiro atoms. The topological polar surface area (TPSA) is 71.8 Å². The van der Waals surface area contributed by atoms with E-state index in [1.165, 1.54) is 12.7 Å². The molecular weight excluding hydrogens is 342 g/mol. The molecule has 1 heterocycles. The van der Waals surface area contributed by atoms with Gasteiger partial charge in [0.1, 0.15) is 0 Å². The summed E-state index contributed by atoms with van der Waals surface area (Å²) < 4.78 is 6.54. The summed E-state index contributed by atoms with van der Waals surface area (Å²) in [5.41, 5.74) is 2.38. The average molecular weight is 380 g/mol. The van der Waals surface area contributed by atoms with Crippen molar-refractivity contribution in [2.24, 2.45) is 12.0 Å². The van der Waals surface area contributed by atoms with Crippen molar-refractivity contribution in [2.45, 2.75) is 65.3 Å². The van der Waals surface area contributed by atoms with Gasteiger partial charge < -0.3 is 15.0 Å². The molecule has 1 aromatic heterocycles. The third-order valence-corrected chi connectivity index (χ3v) is 4.37. The number of methoxy groups -OCH3 is 1. The van der Waals surface area contributed by atoms with Crippen LogP contribution in [0.1, 0.15) is 70.1 Å². The van der Waals surface area contributed by atoms with Gasteiger partial charge in [-0.15, -0.1) is 0 Å². The van der Waals surface area contributed by atoms with Gasteiger partial charge in [0, 0.05) is 51.9 Å². The molecule has 0 aliphatic rings. The summed E-state index contributed by atoms with van der Waals surface area (Å²) in [6.07, 6.45) is 6.61. The highest BCUT2D eigenvalue weighted by molar-refractivity contribution is 5.79. The zero-order chi connectivity index (χ0) is 20.2. The van der Waals surface area contributed by atoms with Crippen LogP contribution in [0.25, 0.3) is 0 Å². The number of nitrogens with zero attached hydrogens (tertiary/aromatic N) is 4. The van der Waals surface area contributed by atoms with E-state index in [2.05, 4.69) is 54.1 Å². The van der Waals surface area contributed by atoms with Crippen molar-refractivity contribution >= 4 is 11.9 Å². The number of aromatic nitrogens is 2. The fraction of sp³-hybridized carbons (Fsp3) is 0.750. The molecule has 7 nitrogen and oxygen atoms in total. The molecule has 27 heavy (non-hydrogen) atoms. The van der Waals surface area contributed by atoms with Crippen molar-refractivity contribution in [3.8, 4) is 0 Å². The molecule has 0 bridgehead atoms. The smallest absolute Gasteiger partial charge is 0.305 e. The normalized spacial score (nSPS) is 11.7. The first-order valence-electron chi connectivity index (χ1n) is 9.97. The number of carbonyl (C=O) groups is 1. The van der Waals surface area contributed by atoms with Crippen LogP contribution >= 0.6 is 0 Å². The number of ether oxygens (including phenoxy) is 1. The Morgan fingerprint density at radius 2 is 2.04 bits per heavy atom. The van der Waals surface area contributed by atoms with Crippen LogP contribution in [-0.4, -0.2) is 53.9 Å². The van der Waals surface area contributed by atoms with Gasteiger partial charge in [0.25, 0.3) is 0 Å².